The number of ketones is 1. The molecule has 0 saturated carbocycles. The predicted octanol–water partition coefficient (Wildman–Crippen LogP) is 2.33. The zero-order valence-electron chi connectivity index (χ0n) is 16.0. The number of hydrogen-bond donors (Lipinski definition) is 1. The molecule has 7 nitrogen and oxygen atoms in total. The van der Waals surface area contributed by atoms with Crippen LogP contribution in [0.1, 0.15) is 29.8 Å². The summed E-state index contributed by atoms with van der Waals surface area (Å²) in [4.78, 5) is 38.1. The Morgan fingerprint density at radius 2 is 1.89 bits per heavy atom. The van der Waals surface area contributed by atoms with Gasteiger partial charge in [0.1, 0.15) is 18.0 Å². The van der Waals surface area contributed by atoms with Crippen molar-refractivity contribution in [3.8, 4) is 11.5 Å². The number of fused-ring (bicyclic) bond motifs is 1. The number of hydrogen-bond acceptors (Lipinski definition) is 5. The highest BCUT2D eigenvalue weighted by Gasteiger charge is 2.33. The quantitative estimate of drug-likeness (QED) is 0.775. The van der Waals surface area contributed by atoms with E-state index in [9.17, 15) is 14.4 Å². The van der Waals surface area contributed by atoms with Crippen LogP contribution in [0, 0.1) is 0 Å². The Bertz CT molecular complexity index is 908. The number of ether oxygens (including phenoxy) is 2. The van der Waals surface area contributed by atoms with E-state index in [4.69, 9.17) is 9.47 Å². The summed E-state index contributed by atoms with van der Waals surface area (Å²) >= 11 is 0. The number of carbonyl (C=O) groups excluding carboxylic acids is 3. The second kappa shape index (κ2) is 8.12. The molecule has 1 heterocycles. The summed E-state index contributed by atoms with van der Waals surface area (Å²) in [6.45, 7) is 3.25. The van der Waals surface area contributed by atoms with Crippen LogP contribution in [0.2, 0.25) is 0 Å². The Kier molecular flexibility index (Phi) is 5.63. The van der Waals surface area contributed by atoms with Crippen molar-refractivity contribution in [3.05, 3.63) is 53.6 Å². The molecule has 2 aromatic rings. The molecule has 1 aliphatic heterocycles. The number of anilines is 1. The molecule has 0 spiro atoms. The molecule has 3 rings (SSSR count). The molecule has 146 valence electrons. The van der Waals surface area contributed by atoms with Gasteiger partial charge in [-0.3, -0.25) is 19.3 Å². The highest BCUT2D eigenvalue weighted by atomic mass is 16.5. The molecule has 0 fully saturated rings. The van der Waals surface area contributed by atoms with Gasteiger partial charge in [0, 0.05) is 12.1 Å². The zero-order chi connectivity index (χ0) is 20.3. The SMILES string of the molecule is COc1ccc(CNC(=O)CN2C(=O)C(C)Oc3ccc(C(C)=O)cc32)cc1. The van der Waals surface area contributed by atoms with Crippen LogP contribution in [0.15, 0.2) is 42.5 Å². The Labute approximate surface area is 163 Å². The smallest absolute Gasteiger partial charge is 0.268 e. The van der Waals surface area contributed by atoms with Crippen LogP contribution in [0.25, 0.3) is 0 Å². The maximum atomic E-state index is 12.6. The molecule has 0 aromatic heterocycles. The molecule has 0 aliphatic carbocycles. The average Bonchev–Trinajstić information content (AvgIpc) is 2.69. The van der Waals surface area contributed by atoms with Gasteiger partial charge in [-0.05, 0) is 49.7 Å². The van der Waals surface area contributed by atoms with E-state index in [-0.39, 0.29) is 24.1 Å². The molecule has 7 heteroatoms. The fourth-order valence-electron chi connectivity index (χ4n) is 2.93. The van der Waals surface area contributed by atoms with Crippen LogP contribution >= 0.6 is 0 Å². The lowest BCUT2D eigenvalue weighted by Crippen LogP contribution is -2.48. The fourth-order valence-corrected chi connectivity index (χ4v) is 2.93. The number of carbonyl (C=O) groups is 3. The van der Waals surface area contributed by atoms with Crippen molar-refractivity contribution in [3.63, 3.8) is 0 Å². The largest absolute Gasteiger partial charge is 0.497 e. The Morgan fingerprint density at radius 1 is 1.18 bits per heavy atom. The van der Waals surface area contributed by atoms with E-state index in [0.717, 1.165) is 11.3 Å². The van der Waals surface area contributed by atoms with Gasteiger partial charge in [0.05, 0.1) is 12.8 Å². The third-order valence-electron chi connectivity index (χ3n) is 4.52. The number of benzene rings is 2. The monoisotopic (exact) mass is 382 g/mol. The lowest BCUT2D eigenvalue weighted by molar-refractivity contribution is -0.128. The summed E-state index contributed by atoms with van der Waals surface area (Å²) in [7, 11) is 1.59. The maximum Gasteiger partial charge on any atom is 0.268 e. The van der Waals surface area contributed by atoms with Crippen LogP contribution in [0.4, 0.5) is 5.69 Å². The first-order valence-corrected chi connectivity index (χ1v) is 8.91. The van der Waals surface area contributed by atoms with Crippen molar-refractivity contribution in [2.24, 2.45) is 0 Å². The minimum absolute atomic E-state index is 0.127. The molecule has 0 saturated heterocycles. The highest BCUT2D eigenvalue weighted by Crippen LogP contribution is 2.34. The zero-order valence-corrected chi connectivity index (χ0v) is 16.0. The summed E-state index contributed by atoms with van der Waals surface area (Å²) in [6.07, 6.45) is -0.704. The minimum atomic E-state index is -0.704. The number of amides is 2. The van der Waals surface area contributed by atoms with Gasteiger partial charge in [0.15, 0.2) is 11.9 Å². The first kappa shape index (κ1) is 19.4. The number of nitrogens with one attached hydrogen (secondary N) is 1. The first-order valence-electron chi connectivity index (χ1n) is 8.91. The molecule has 1 unspecified atom stereocenters. The summed E-state index contributed by atoms with van der Waals surface area (Å²) in [5, 5.41) is 2.81. The van der Waals surface area contributed by atoms with Gasteiger partial charge in [-0.2, -0.15) is 0 Å². The molecular weight excluding hydrogens is 360 g/mol. The topological polar surface area (TPSA) is 84.9 Å². The lowest BCUT2D eigenvalue weighted by atomic mass is 10.1. The molecule has 1 atom stereocenters. The third-order valence-corrected chi connectivity index (χ3v) is 4.52. The van der Waals surface area contributed by atoms with Crippen molar-refractivity contribution in [2.45, 2.75) is 26.5 Å². The number of nitrogens with zero attached hydrogens (tertiary/aromatic N) is 1. The van der Waals surface area contributed by atoms with Gasteiger partial charge in [-0.1, -0.05) is 12.1 Å². The molecule has 1 aliphatic rings. The number of Topliss-reactive ketones (excluding diaryl/α,β-unsaturated/α-hetero) is 1. The van der Waals surface area contributed by atoms with E-state index in [2.05, 4.69) is 5.32 Å². The van der Waals surface area contributed by atoms with Gasteiger partial charge in [0.2, 0.25) is 5.91 Å². The van der Waals surface area contributed by atoms with E-state index < -0.39 is 6.10 Å². The van der Waals surface area contributed by atoms with Crippen LogP contribution in [-0.2, 0) is 16.1 Å². The normalized spacial score (nSPS) is 15.5. The van der Waals surface area contributed by atoms with Gasteiger partial charge >= 0.3 is 0 Å². The third kappa shape index (κ3) is 4.14. The molecule has 0 radical (unpaired) electrons. The first-order chi connectivity index (χ1) is 13.4. The van der Waals surface area contributed by atoms with E-state index in [1.54, 1.807) is 32.2 Å². The van der Waals surface area contributed by atoms with Crippen molar-refractivity contribution in [1.29, 1.82) is 0 Å². The summed E-state index contributed by atoms with van der Waals surface area (Å²) in [6, 6.07) is 12.2. The molecular formula is C21H22N2O5. The summed E-state index contributed by atoms with van der Waals surface area (Å²) in [5.74, 6) is 0.448. The van der Waals surface area contributed by atoms with Crippen LogP contribution in [-0.4, -0.2) is 37.4 Å². The summed E-state index contributed by atoms with van der Waals surface area (Å²) < 4.78 is 10.7. The number of methoxy groups -OCH3 is 1. The molecule has 0 bridgehead atoms. The lowest BCUT2D eigenvalue weighted by Gasteiger charge is -2.32. The standard InChI is InChI=1S/C21H22N2O5/c1-13(24)16-6-9-19-18(10-16)23(21(26)14(2)28-19)12-20(25)22-11-15-4-7-17(27-3)8-5-15/h4-10,14H,11-12H2,1-3H3,(H,22,25). The second-order valence-corrected chi connectivity index (χ2v) is 6.55. The maximum absolute atomic E-state index is 12.6. The van der Waals surface area contributed by atoms with Gasteiger partial charge < -0.3 is 14.8 Å². The van der Waals surface area contributed by atoms with Crippen LogP contribution in [0.3, 0.4) is 0 Å². The van der Waals surface area contributed by atoms with E-state index >= 15 is 0 Å². The molecule has 1 N–H and O–H groups in total. The number of rotatable bonds is 6. The van der Waals surface area contributed by atoms with Gasteiger partial charge in [-0.15, -0.1) is 0 Å². The van der Waals surface area contributed by atoms with Crippen molar-refractivity contribution in [1.82, 2.24) is 5.32 Å². The van der Waals surface area contributed by atoms with E-state index in [1.807, 2.05) is 24.3 Å². The van der Waals surface area contributed by atoms with Crippen molar-refractivity contribution < 1.29 is 23.9 Å². The molecule has 28 heavy (non-hydrogen) atoms. The Hall–Kier alpha value is -3.35. The molecule has 2 amide bonds. The molecule has 2 aromatic carbocycles. The van der Waals surface area contributed by atoms with Crippen molar-refractivity contribution >= 4 is 23.3 Å². The van der Waals surface area contributed by atoms with Crippen LogP contribution < -0.4 is 19.7 Å². The van der Waals surface area contributed by atoms with E-state index in [1.165, 1.54) is 11.8 Å². The minimum Gasteiger partial charge on any atom is -0.497 e. The Balaban J connectivity index is 1.73. The van der Waals surface area contributed by atoms with Gasteiger partial charge in [0.25, 0.3) is 5.91 Å². The Morgan fingerprint density at radius 3 is 2.54 bits per heavy atom. The summed E-state index contributed by atoms with van der Waals surface area (Å²) in [5.41, 5.74) is 1.79. The van der Waals surface area contributed by atoms with Crippen molar-refractivity contribution in [2.75, 3.05) is 18.6 Å². The fraction of sp³-hybridized carbons (Fsp3) is 0.286. The van der Waals surface area contributed by atoms with Crippen LogP contribution in [0.5, 0.6) is 11.5 Å². The highest BCUT2D eigenvalue weighted by molar-refractivity contribution is 6.05. The van der Waals surface area contributed by atoms with Gasteiger partial charge in [-0.25, -0.2) is 0 Å². The second-order valence-electron chi connectivity index (χ2n) is 6.55. The van der Waals surface area contributed by atoms with E-state index in [0.29, 0.717) is 23.5 Å². The predicted molar refractivity (Wildman–Crippen MR) is 104 cm³/mol. The average molecular weight is 382 g/mol.